The van der Waals surface area contributed by atoms with Gasteiger partial charge in [-0.3, -0.25) is 0 Å². The first-order valence-electron chi connectivity index (χ1n) is 10.9. The Hall–Kier alpha value is -1.97. The average molecular weight is 540 g/mol. The Morgan fingerprint density at radius 2 is 1.84 bits per heavy atom. The fourth-order valence-electron chi connectivity index (χ4n) is 4.34. The van der Waals surface area contributed by atoms with Crippen LogP contribution < -0.4 is 20.1 Å². The number of nitrogens with zero attached hydrogens (tertiary/aromatic N) is 2. The molecule has 0 atom stereocenters. The summed E-state index contributed by atoms with van der Waals surface area (Å²) in [5.41, 5.74) is 2.30. The molecule has 0 amide bonds. The zero-order chi connectivity index (χ0) is 21.0. The molecular weight excluding hydrogens is 507 g/mol. The molecule has 0 spiro atoms. The monoisotopic (exact) mass is 540 g/mol. The maximum absolute atomic E-state index is 5.83. The number of benzene rings is 1. The molecule has 1 aromatic heterocycles. The van der Waals surface area contributed by atoms with Gasteiger partial charge in [-0.15, -0.1) is 24.0 Å². The molecule has 0 unspecified atom stereocenters. The van der Waals surface area contributed by atoms with Gasteiger partial charge in [0.15, 0.2) is 17.5 Å². The number of halogens is 1. The van der Waals surface area contributed by atoms with Crippen molar-refractivity contribution in [3.05, 3.63) is 41.1 Å². The predicted molar refractivity (Wildman–Crippen MR) is 132 cm³/mol. The van der Waals surface area contributed by atoms with E-state index in [4.69, 9.17) is 13.9 Å². The minimum absolute atomic E-state index is 0. The number of rotatable bonds is 6. The highest BCUT2D eigenvalue weighted by Gasteiger charge is 2.36. The van der Waals surface area contributed by atoms with Crippen LogP contribution in [-0.4, -0.2) is 37.2 Å². The molecule has 1 fully saturated rings. The lowest BCUT2D eigenvalue weighted by atomic mass is 9.78. The van der Waals surface area contributed by atoms with Crippen molar-refractivity contribution in [3.63, 3.8) is 0 Å². The summed E-state index contributed by atoms with van der Waals surface area (Å²) in [4.78, 5) is 9.11. The highest BCUT2D eigenvalue weighted by atomic mass is 127. The van der Waals surface area contributed by atoms with Crippen molar-refractivity contribution in [1.29, 1.82) is 0 Å². The number of ether oxygens (including phenoxy) is 2. The summed E-state index contributed by atoms with van der Waals surface area (Å²) in [6, 6.07) is 6.42. The standard InChI is InChI=1S/C23H32N4O3.HI/c1-4-24-22(25-14-21-27-16(2)17(3)30-21)26-15-23(9-5-6-10-23)18-7-8-19-20(13-18)29-12-11-28-19;/h7-8,13H,4-6,9-12,14-15H2,1-3H3,(H2,24,25,26);1H. The van der Waals surface area contributed by atoms with Crippen LogP contribution in [0.4, 0.5) is 0 Å². The minimum atomic E-state index is 0. The van der Waals surface area contributed by atoms with Gasteiger partial charge in [0.2, 0.25) is 5.89 Å². The van der Waals surface area contributed by atoms with E-state index in [0.29, 0.717) is 25.6 Å². The zero-order valence-corrected chi connectivity index (χ0v) is 21.0. The van der Waals surface area contributed by atoms with E-state index in [0.717, 1.165) is 54.8 Å². The molecule has 8 heteroatoms. The van der Waals surface area contributed by atoms with E-state index < -0.39 is 0 Å². The zero-order valence-electron chi connectivity index (χ0n) is 18.6. The second-order valence-corrected chi connectivity index (χ2v) is 8.14. The molecule has 7 nitrogen and oxygen atoms in total. The van der Waals surface area contributed by atoms with Gasteiger partial charge in [0, 0.05) is 18.5 Å². The van der Waals surface area contributed by atoms with Gasteiger partial charge in [-0.05, 0) is 51.3 Å². The van der Waals surface area contributed by atoms with E-state index in [1.807, 2.05) is 13.8 Å². The largest absolute Gasteiger partial charge is 0.486 e. The van der Waals surface area contributed by atoms with E-state index >= 15 is 0 Å². The molecule has 1 aliphatic heterocycles. The molecule has 2 heterocycles. The van der Waals surface area contributed by atoms with Gasteiger partial charge in [0.1, 0.15) is 25.5 Å². The van der Waals surface area contributed by atoms with E-state index in [9.17, 15) is 0 Å². The Morgan fingerprint density at radius 1 is 1.10 bits per heavy atom. The number of aryl methyl sites for hydroxylation is 2. The number of aromatic nitrogens is 1. The van der Waals surface area contributed by atoms with Gasteiger partial charge in [0.25, 0.3) is 0 Å². The van der Waals surface area contributed by atoms with Gasteiger partial charge in [-0.2, -0.15) is 0 Å². The molecule has 31 heavy (non-hydrogen) atoms. The molecule has 2 aliphatic rings. The predicted octanol–water partition coefficient (Wildman–Crippen LogP) is 4.25. The maximum Gasteiger partial charge on any atom is 0.216 e. The maximum atomic E-state index is 5.83. The first kappa shape index (κ1) is 23.7. The van der Waals surface area contributed by atoms with E-state index in [-0.39, 0.29) is 29.4 Å². The smallest absolute Gasteiger partial charge is 0.216 e. The molecule has 0 bridgehead atoms. The van der Waals surface area contributed by atoms with E-state index in [1.165, 1.54) is 18.4 Å². The Bertz CT molecular complexity index is 887. The van der Waals surface area contributed by atoms with Crippen molar-refractivity contribution >= 4 is 29.9 Å². The fourth-order valence-corrected chi connectivity index (χ4v) is 4.34. The molecule has 1 aliphatic carbocycles. The molecule has 1 saturated carbocycles. The number of hydrogen-bond donors (Lipinski definition) is 2. The van der Waals surface area contributed by atoms with E-state index in [2.05, 4.69) is 45.7 Å². The second-order valence-electron chi connectivity index (χ2n) is 8.14. The van der Waals surface area contributed by atoms with Crippen LogP contribution in [0, 0.1) is 13.8 Å². The first-order chi connectivity index (χ1) is 14.6. The second kappa shape index (κ2) is 10.6. The van der Waals surface area contributed by atoms with Crippen molar-refractivity contribution in [2.45, 2.75) is 58.4 Å². The van der Waals surface area contributed by atoms with Gasteiger partial charge in [0.05, 0.1) is 5.69 Å². The lowest BCUT2D eigenvalue weighted by Crippen LogP contribution is -2.44. The van der Waals surface area contributed by atoms with Crippen molar-refractivity contribution in [2.75, 3.05) is 26.3 Å². The molecule has 170 valence electrons. The summed E-state index contributed by atoms with van der Waals surface area (Å²) in [5, 5.41) is 6.91. The number of hydrogen-bond acceptors (Lipinski definition) is 5. The highest BCUT2D eigenvalue weighted by molar-refractivity contribution is 14.0. The lowest BCUT2D eigenvalue weighted by Gasteiger charge is -2.32. The van der Waals surface area contributed by atoms with Gasteiger partial charge in [-0.25, -0.2) is 9.98 Å². The van der Waals surface area contributed by atoms with Gasteiger partial charge >= 0.3 is 0 Å². The van der Waals surface area contributed by atoms with E-state index in [1.54, 1.807) is 0 Å². The van der Waals surface area contributed by atoms with Crippen molar-refractivity contribution in [3.8, 4) is 11.5 Å². The number of guanidine groups is 1. The van der Waals surface area contributed by atoms with Crippen LogP contribution in [0.2, 0.25) is 0 Å². The highest BCUT2D eigenvalue weighted by Crippen LogP contribution is 2.43. The third-order valence-corrected chi connectivity index (χ3v) is 6.10. The Labute approximate surface area is 201 Å². The fraction of sp³-hybridized carbons (Fsp3) is 0.565. The SMILES string of the molecule is CCNC(=NCc1nc(C)c(C)o1)NCC1(c2ccc3c(c2)OCCO3)CCCC1.I. The Kier molecular flexibility index (Phi) is 8.07. The Balaban J connectivity index is 0.00000272. The van der Waals surface area contributed by atoms with Crippen LogP contribution in [0.25, 0.3) is 0 Å². The average Bonchev–Trinajstić information content (AvgIpc) is 3.37. The van der Waals surface area contributed by atoms with Crippen LogP contribution in [0.15, 0.2) is 27.6 Å². The number of oxazole rings is 1. The molecule has 2 aromatic rings. The molecule has 0 saturated heterocycles. The lowest BCUT2D eigenvalue weighted by molar-refractivity contribution is 0.171. The molecule has 0 radical (unpaired) electrons. The summed E-state index contributed by atoms with van der Waals surface area (Å²) in [7, 11) is 0. The number of aliphatic imine (C=N–C) groups is 1. The topological polar surface area (TPSA) is 80.9 Å². The first-order valence-corrected chi connectivity index (χ1v) is 10.9. The number of nitrogens with one attached hydrogen (secondary N) is 2. The van der Waals surface area contributed by atoms with Crippen LogP contribution in [-0.2, 0) is 12.0 Å². The number of fused-ring (bicyclic) bond motifs is 1. The summed E-state index contributed by atoms with van der Waals surface area (Å²) in [5.74, 6) is 3.99. The third kappa shape index (κ3) is 5.45. The van der Waals surface area contributed by atoms with Crippen LogP contribution in [0.3, 0.4) is 0 Å². The summed E-state index contributed by atoms with van der Waals surface area (Å²) in [6.45, 7) is 9.21. The summed E-state index contributed by atoms with van der Waals surface area (Å²) < 4.78 is 17.2. The normalized spacial score (nSPS) is 17.2. The van der Waals surface area contributed by atoms with Gasteiger partial charge in [-0.1, -0.05) is 18.9 Å². The third-order valence-electron chi connectivity index (χ3n) is 6.10. The van der Waals surface area contributed by atoms with Crippen LogP contribution >= 0.6 is 24.0 Å². The summed E-state index contributed by atoms with van der Waals surface area (Å²) in [6.07, 6.45) is 4.77. The molecule has 1 aromatic carbocycles. The summed E-state index contributed by atoms with van der Waals surface area (Å²) >= 11 is 0. The molecule has 2 N–H and O–H groups in total. The van der Waals surface area contributed by atoms with Crippen molar-refractivity contribution in [2.24, 2.45) is 4.99 Å². The van der Waals surface area contributed by atoms with Crippen LogP contribution in [0.5, 0.6) is 11.5 Å². The molecule has 4 rings (SSSR count). The van der Waals surface area contributed by atoms with Crippen molar-refractivity contribution < 1.29 is 13.9 Å². The van der Waals surface area contributed by atoms with Gasteiger partial charge < -0.3 is 24.5 Å². The quantitative estimate of drug-likeness (QED) is 0.324. The molecular formula is C23H33IN4O3. The van der Waals surface area contributed by atoms with Crippen LogP contribution in [0.1, 0.15) is 55.5 Å². The van der Waals surface area contributed by atoms with Crippen molar-refractivity contribution in [1.82, 2.24) is 15.6 Å². The minimum Gasteiger partial charge on any atom is -0.486 e. The Morgan fingerprint density at radius 3 is 2.52 bits per heavy atom.